The third kappa shape index (κ3) is 5.97. The minimum atomic E-state index is -0.0964. The number of benzene rings is 1. The van der Waals surface area contributed by atoms with Crippen molar-refractivity contribution >= 4 is 12.0 Å². The molecule has 1 N–H and O–H groups in total. The van der Waals surface area contributed by atoms with E-state index in [2.05, 4.69) is 24.1 Å². The molecule has 1 fully saturated rings. The lowest BCUT2D eigenvalue weighted by Crippen LogP contribution is -2.52. The van der Waals surface area contributed by atoms with Crippen LogP contribution in [-0.4, -0.2) is 63.9 Å². The van der Waals surface area contributed by atoms with Crippen molar-refractivity contribution in [2.45, 2.75) is 39.7 Å². The second-order valence-electron chi connectivity index (χ2n) is 7.30. The standard InChI is InChI=1S/C23H36N2O4/c1-6-9-18-14-19(15-21(27-4)22(18)28-5)23(26)24-16-20(17(7-2)8-3)25-10-12-29-13-11-25/h6,9,14-15,17,20H,7-8,10-13,16H2,1-5H3,(H,24,26)/b9-6+. The Bertz CT molecular complexity index is 680. The summed E-state index contributed by atoms with van der Waals surface area (Å²) in [7, 11) is 3.19. The van der Waals surface area contributed by atoms with Crippen LogP contribution in [0.3, 0.4) is 0 Å². The highest BCUT2D eigenvalue weighted by molar-refractivity contribution is 5.96. The van der Waals surface area contributed by atoms with E-state index in [1.54, 1.807) is 20.3 Å². The second-order valence-corrected chi connectivity index (χ2v) is 7.30. The number of hydrogen-bond donors (Lipinski definition) is 1. The maximum atomic E-state index is 13.0. The zero-order valence-corrected chi connectivity index (χ0v) is 18.5. The van der Waals surface area contributed by atoms with Crippen LogP contribution in [0.2, 0.25) is 0 Å². The largest absolute Gasteiger partial charge is 0.493 e. The summed E-state index contributed by atoms with van der Waals surface area (Å²) < 4.78 is 16.4. The number of nitrogens with zero attached hydrogens (tertiary/aromatic N) is 1. The van der Waals surface area contributed by atoms with Crippen LogP contribution in [0, 0.1) is 5.92 Å². The molecular formula is C23H36N2O4. The molecule has 0 bridgehead atoms. The first kappa shape index (κ1) is 23.2. The molecule has 1 aliphatic rings. The van der Waals surface area contributed by atoms with Gasteiger partial charge >= 0.3 is 0 Å². The molecule has 0 radical (unpaired) electrons. The van der Waals surface area contributed by atoms with E-state index in [-0.39, 0.29) is 5.91 Å². The van der Waals surface area contributed by atoms with Crippen LogP contribution in [0.15, 0.2) is 18.2 Å². The number of morpholine rings is 1. The third-order valence-corrected chi connectivity index (χ3v) is 5.70. The SMILES string of the molecule is C/C=C/c1cc(C(=O)NCC(C(CC)CC)N2CCOCC2)cc(OC)c1OC. The van der Waals surface area contributed by atoms with Crippen molar-refractivity contribution in [2.75, 3.05) is 47.1 Å². The smallest absolute Gasteiger partial charge is 0.251 e. The lowest BCUT2D eigenvalue weighted by atomic mass is 9.92. The fourth-order valence-corrected chi connectivity index (χ4v) is 4.06. The quantitative estimate of drug-likeness (QED) is 0.646. The van der Waals surface area contributed by atoms with Crippen molar-refractivity contribution in [3.05, 3.63) is 29.3 Å². The Balaban J connectivity index is 2.19. The van der Waals surface area contributed by atoms with E-state index in [9.17, 15) is 4.79 Å². The van der Waals surface area contributed by atoms with Gasteiger partial charge in [0.15, 0.2) is 11.5 Å². The molecule has 6 nitrogen and oxygen atoms in total. The molecule has 2 rings (SSSR count). The molecule has 0 spiro atoms. The molecule has 162 valence electrons. The molecule has 0 aliphatic carbocycles. The number of rotatable bonds is 10. The summed E-state index contributed by atoms with van der Waals surface area (Å²) in [5.74, 6) is 1.63. The van der Waals surface area contributed by atoms with Gasteiger partial charge in [-0.25, -0.2) is 0 Å². The van der Waals surface area contributed by atoms with Gasteiger partial charge in [-0.05, 0) is 25.0 Å². The molecule has 0 saturated carbocycles. The summed E-state index contributed by atoms with van der Waals surface area (Å²) in [6, 6.07) is 3.90. The van der Waals surface area contributed by atoms with Gasteiger partial charge in [0.1, 0.15) is 0 Å². The van der Waals surface area contributed by atoms with Gasteiger partial charge in [0.25, 0.3) is 5.91 Å². The predicted molar refractivity (Wildman–Crippen MR) is 117 cm³/mol. The Hall–Kier alpha value is -2.05. The van der Waals surface area contributed by atoms with Crippen molar-refractivity contribution in [3.63, 3.8) is 0 Å². The van der Waals surface area contributed by atoms with Crippen LogP contribution in [0.25, 0.3) is 6.08 Å². The highest BCUT2D eigenvalue weighted by atomic mass is 16.5. The number of hydrogen-bond acceptors (Lipinski definition) is 5. The maximum Gasteiger partial charge on any atom is 0.251 e. The average Bonchev–Trinajstić information content (AvgIpc) is 2.76. The van der Waals surface area contributed by atoms with Crippen molar-refractivity contribution in [1.29, 1.82) is 0 Å². The molecule has 1 aliphatic heterocycles. The summed E-state index contributed by atoms with van der Waals surface area (Å²) in [6.07, 6.45) is 6.02. The van der Waals surface area contributed by atoms with E-state index in [0.29, 0.717) is 35.6 Å². The molecule has 1 amide bonds. The molecule has 1 heterocycles. The van der Waals surface area contributed by atoms with Gasteiger partial charge in [-0.2, -0.15) is 0 Å². The van der Waals surface area contributed by atoms with Gasteiger partial charge < -0.3 is 19.5 Å². The minimum Gasteiger partial charge on any atom is -0.493 e. The molecule has 1 saturated heterocycles. The maximum absolute atomic E-state index is 13.0. The van der Waals surface area contributed by atoms with Crippen LogP contribution >= 0.6 is 0 Å². The fraction of sp³-hybridized carbons (Fsp3) is 0.609. The predicted octanol–water partition coefficient (Wildman–Crippen LogP) is 3.60. The van der Waals surface area contributed by atoms with Crippen LogP contribution in [-0.2, 0) is 4.74 Å². The van der Waals surface area contributed by atoms with Gasteiger partial charge in [0, 0.05) is 36.8 Å². The Morgan fingerprint density at radius 3 is 2.45 bits per heavy atom. The first-order chi connectivity index (χ1) is 14.1. The highest BCUT2D eigenvalue weighted by Crippen LogP contribution is 2.33. The van der Waals surface area contributed by atoms with E-state index < -0.39 is 0 Å². The first-order valence-corrected chi connectivity index (χ1v) is 10.6. The van der Waals surface area contributed by atoms with E-state index in [1.165, 1.54) is 0 Å². The monoisotopic (exact) mass is 404 g/mol. The lowest BCUT2D eigenvalue weighted by Gasteiger charge is -2.38. The highest BCUT2D eigenvalue weighted by Gasteiger charge is 2.27. The van der Waals surface area contributed by atoms with E-state index in [4.69, 9.17) is 14.2 Å². The number of carbonyl (C=O) groups excluding carboxylic acids is 1. The van der Waals surface area contributed by atoms with Gasteiger partial charge in [0.2, 0.25) is 0 Å². The van der Waals surface area contributed by atoms with Crippen LogP contribution < -0.4 is 14.8 Å². The zero-order valence-electron chi connectivity index (χ0n) is 18.5. The van der Waals surface area contributed by atoms with Crippen LogP contribution in [0.4, 0.5) is 0 Å². The molecule has 1 aromatic rings. The van der Waals surface area contributed by atoms with Crippen LogP contribution in [0.5, 0.6) is 11.5 Å². The Morgan fingerprint density at radius 1 is 1.21 bits per heavy atom. The Labute approximate surface area is 175 Å². The molecule has 0 aromatic heterocycles. The van der Waals surface area contributed by atoms with Crippen molar-refractivity contribution < 1.29 is 19.0 Å². The Morgan fingerprint density at radius 2 is 1.90 bits per heavy atom. The summed E-state index contributed by atoms with van der Waals surface area (Å²) >= 11 is 0. The number of nitrogens with one attached hydrogen (secondary N) is 1. The zero-order chi connectivity index (χ0) is 21.2. The van der Waals surface area contributed by atoms with Crippen molar-refractivity contribution in [3.8, 4) is 11.5 Å². The lowest BCUT2D eigenvalue weighted by molar-refractivity contribution is 0.00191. The molecule has 6 heteroatoms. The average molecular weight is 405 g/mol. The molecular weight excluding hydrogens is 368 g/mol. The summed E-state index contributed by atoms with van der Waals surface area (Å²) in [5.41, 5.74) is 1.39. The number of carbonyl (C=O) groups is 1. The third-order valence-electron chi connectivity index (χ3n) is 5.70. The summed E-state index contributed by atoms with van der Waals surface area (Å²) in [6.45, 7) is 10.3. The molecule has 1 atom stereocenters. The first-order valence-electron chi connectivity index (χ1n) is 10.6. The van der Waals surface area contributed by atoms with E-state index in [0.717, 1.165) is 44.7 Å². The van der Waals surface area contributed by atoms with Crippen molar-refractivity contribution in [2.24, 2.45) is 5.92 Å². The number of methoxy groups -OCH3 is 2. The number of allylic oxidation sites excluding steroid dienone is 1. The molecule has 1 aromatic carbocycles. The molecule has 1 unspecified atom stereocenters. The van der Waals surface area contributed by atoms with Gasteiger partial charge in [-0.3, -0.25) is 9.69 Å². The van der Waals surface area contributed by atoms with Crippen molar-refractivity contribution in [1.82, 2.24) is 10.2 Å². The topological polar surface area (TPSA) is 60.0 Å². The van der Waals surface area contributed by atoms with Gasteiger partial charge in [-0.1, -0.05) is 38.8 Å². The number of ether oxygens (including phenoxy) is 3. The molecule has 29 heavy (non-hydrogen) atoms. The van der Waals surface area contributed by atoms with Crippen LogP contribution in [0.1, 0.15) is 49.5 Å². The Kier molecular flexibility index (Phi) is 9.48. The van der Waals surface area contributed by atoms with Gasteiger partial charge in [-0.15, -0.1) is 0 Å². The van der Waals surface area contributed by atoms with E-state index >= 15 is 0 Å². The number of amides is 1. The summed E-state index contributed by atoms with van der Waals surface area (Å²) in [5, 5.41) is 3.16. The minimum absolute atomic E-state index is 0.0964. The summed E-state index contributed by atoms with van der Waals surface area (Å²) in [4.78, 5) is 15.4. The fourth-order valence-electron chi connectivity index (χ4n) is 4.06. The second kappa shape index (κ2) is 11.8. The van der Waals surface area contributed by atoms with Gasteiger partial charge in [0.05, 0.1) is 27.4 Å². The van der Waals surface area contributed by atoms with E-state index in [1.807, 2.05) is 25.1 Å². The normalized spacial score (nSPS) is 16.2.